The molecule has 1 fully saturated rings. The van der Waals surface area contributed by atoms with Crippen LogP contribution >= 0.6 is 0 Å². The Hall–Kier alpha value is -2.91. The fourth-order valence-corrected chi connectivity index (χ4v) is 4.68. The maximum absolute atomic E-state index is 14.0. The fraction of sp³-hybridized carbons (Fsp3) is 0.565. The molecule has 0 saturated carbocycles. The van der Waals surface area contributed by atoms with E-state index in [0.717, 1.165) is 17.5 Å². The zero-order valence-electron chi connectivity index (χ0n) is 19.1. The van der Waals surface area contributed by atoms with Gasteiger partial charge in [-0.2, -0.15) is 18.3 Å². The Morgan fingerprint density at radius 3 is 2.52 bits per heavy atom. The summed E-state index contributed by atoms with van der Waals surface area (Å²) in [6.45, 7) is 4.61. The molecule has 0 aliphatic carbocycles. The third kappa shape index (κ3) is 4.47. The van der Waals surface area contributed by atoms with Gasteiger partial charge in [0.2, 0.25) is 0 Å². The van der Waals surface area contributed by atoms with Gasteiger partial charge >= 0.3 is 6.18 Å². The SMILES string of the molecule is COc1ccc([C@H]2C[C@@H](C(F)(F)F)n3nc(C(=O)N4C[C@H](C)CC[C@H]4C)cc3N2)cc1OC. The Balaban J connectivity index is 1.67. The summed E-state index contributed by atoms with van der Waals surface area (Å²) < 4.78 is 53.5. The minimum absolute atomic E-state index is 0.0262. The first kappa shape index (κ1) is 23.3. The summed E-state index contributed by atoms with van der Waals surface area (Å²) >= 11 is 0. The smallest absolute Gasteiger partial charge is 0.410 e. The minimum Gasteiger partial charge on any atom is -0.493 e. The van der Waals surface area contributed by atoms with Gasteiger partial charge < -0.3 is 19.7 Å². The Morgan fingerprint density at radius 1 is 1.12 bits per heavy atom. The summed E-state index contributed by atoms with van der Waals surface area (Å²) in [5.41, 5.74) is 0.654. The average Bonchev–Trinajstić information content (AvgIpc) is 3.22. The Morgan fingerprint density at radius 2 is 1.85 bits per heavy atom. The van der Waals surface area contributed by atoms with Gasteiger partial charge in [-0.15, -0.1) is 0 Å². The van der Waals surface area contributed by atoms with Crippen molar-refractivity contribution in [1.82, 2.24) is 14.7 Å². The van der Waals surface area contributed by atoms with Gasteiger partial charge in [0.25, 0.3) is 5.91 Å². The second kappa shape index (κ2) is 8.79. The molecule has 0 unspecified atom stereocenters. The van der Waals surface area contributed by atoms with Crippen LogP contribution in [0.5, 0.6) is 11.5 Å². The zero-order chi connectivity index (χ0) is 23.9. The number of hydrogen-bond acceptors (Lipinski definition) is 5. The molecule has 3 heterocycles. The van der Waals surface area contributed by atoms with E-state index in [-0.39, 0.29) is 29.9 Å². The fourth-order valence-electron chi connectivity index (χ4n) is 4.68. The molecule has 10 heteroatoms. The lowest BCUT2D eigenvalue weighted by Crippen LogP contribution is -2.45. The number of nitrogens with one attached hydrogen (secondary N) is 1. The van der Waals surface area contributed by atoms with E-state index in [9.17, 15) is 18.0 Å². The highest BCUT2D eigenvalue weighted by Gasteiger charge is 2.47. The second-order valence-electron chi connectivity index (χ2n) is 8.95. The van der Waals surface area contributed by atoms with Gasteiger partial charge in [0.1, 0.15) is 5.82 Å². The van der Waals surface area contributed by atoms with Crippen molar-refractivity contribution in [1.29, 1.82) is 0 Å². The topological polar surface area (TPSA) is 68.6 Å². The van der Waals surface area contributed by atoms with Crippen molar-refractivity contribution in [3.05, 3.63) is 35.5 Å². The number of halogens is 3. The number of alkyl halides is 3. The number of amides is 1. The van der Waals surface area contributed by atoms with E-state index in [4.69, 9.17) is 9.47 Å². The molecule has 1 amide bonds. The highest BCUT2D eigenvalue weighted by molar-refractivity contribution is 5.93. The number of likely N-dealkylation sites (tertiary alicyclic amines) is 1. The van der Waals surface area contributed by atoms with Gasteiger partial charge in [-0.05, 0) is 43.4 Å². The molecule has 2 aromatic rings. The maximum atomic E-state index is 14.0. The average molecular weight is 467 g/mol. The Labute approximate surface area is 190 Å². The predicted molar refractivity (Wildman–Crippen MR) is 117 cm³/mol. The molecule has 1 aromatic carbocycles. The predicted octanol–water partition coefficient (Wildman–Crippen LogP) is 4.82. The Kier molecular flexibility index (Phi) is 6.20. The summed E-state index contributed by atoms with van der Waals surface area (Å²) in [6.07, 6.45) is -2.90. The first-order chi connectivity index (χ1) is 15.6. The van der Waals surface area contributed by atoms with Crippen LogP contribution in [0.25, 0.3) is 0 Å². The van der Waals surface area contributed by atoms with E-state index >= 15 is 0 Å². The number of nitrogens with zero attached hydrogens (tertiary/aromatic N) is 3. The van der Waals surface area contributed by atoms with E-state index in [2.05, 4.69) is 17.3 Å². The molecule has 180 valence electrons. The zero-order valence-corrected chi connectivity index (χ0v) is 19.1. The number of carbonyl (C=O) groups excluding carboxylic acids is 1. The molecular weight excluding hydrogens is 437 g/mol. The van der Waals surface area contributed by atoms with Gasteiger partial charge in [0.05, 0.1) is 20.3 Å². The largest absolute Gasteiger partial charge is 0.493 e. The van der Waals surface area contributed by atoms with Crippen LogP contribution in [0, 0.1) is 5.92 Å². The molecule has 33 heavy (non-hydrogen) atoms. The summed E-state index contributed by atoms with van der Waals surface area (Å²) in [6, 6.07) is 4.00. The quantitative estimate of drug-likeness (QED) is 0.700. The third-order valence-corrected chi connectivity index (χ3v) is 6.60. The standard InChI is InChI=1S/C23H29F3N4O3/c1-13-5-6-14(2)29(12-13)22(31)17-11-21-27-16(10-20(23(24,25)26)30(21)28-17)15-7-8-18(32-3)19(9-15)33-4/h7-9,11,13-14,16,20,27H,5-6,10,12H2,1-4H3/t13-,14-,16-,20+/m1/s1. The van der Waals surface area contributed by atoms with Crippen LogP contribution in [0.1, 0.15) is 61.2 Å². The van der Waals surface area contributed by atoms with Gasteiger partial charge in [0.15, 0.2) is 23.2 Å². The van der Waals surface area contributed by atoms with Crippen LogP contribution in [-0.4, -0.2) is 53.6 Å². The molecule has 1 aromatic heterocycles. The molecule has 2 aliphatic heterocycles. The number of methoxy groups -OCH3 is 2. The number of carbonyl (C=O) groups is 1. The first-order valence-corrected chi connectivity index (χ1v) is 11.1. The van der Waals surface area contributed by atoms with Crippen LogP contribution < -0.4 is 14.8 Å². The summed E-state index contributed by atoms with van der Waals surface area (Å²) in [5.74, 6) is 1.11. The normalized spacial score (nSPS) is 25.2. The van der Waals surface area contributed by atoms with Gasteiger partial charge in [0, 0.05) is 25.1 Å². The molecule has 0 bridgehead atoms. The lowest BCUT2D eigenvalue weighted by molar-refractivity contribution is -0.173. The van der Waals surface area contributed by atoms with Crippen molar-refractivity contribution >= 4 is 11.7 Å². The van der Waals surface area contributed by atoms with E-state index in [1.54, 1.807) is 23.1 Å². The molecule has 0 radical (unpaired) electrons. The summed E-state index contributed by atoms with van der Waals surface area (Å²) in [5, 5.41) is 7.26. The van der Waals surface area contributed by atoms with Crippen LogP contribution in [0.15, 0.2) is 24.3 Å². The lowest BCUT2D eigenvalue weighted by Gasteiger charge is -2.36. The van der Waals surface area contributed by atoms with Crippen molar-refractivity contribution < 1.29 is 27.4 Å². The molecule has 4 atom stereocenters. The van der Waals surface area contributed by atoms with Crippen molar-refractivity contribution in [2.45, 2.75) is 57.4 Å². The molecule has 0 spiro atoms. The Bertz CT molecular complexity index is 1020. The van der Waals surface area contributed by atoms with E-state index in [0.29, 0.717) is 29.5 Å². The van der Waals surface area contributed by atoms with Crippen LogP contribution in [0.4, 0.5) is 19.0 Å². The lowest BCUT2D eigenvalue weighted by atomic mass is 9.95. The number of anilines is 1. The van der Waals surface area contributed by atoms with Crippen molar-refractivity contribution in [2.75, 3.05) is 26.1 Å². The second-order valence-corrected chi connectivity index (χ2v) is 8.95. The number of ether oxygens (including phenoxy) is 2. The first-order valence-electron chi connectivity index (χ1n) is 11.1. The van der Waals surface area contributed by atoms with Crippen molar-refractivity contribution in [3.63, 3.8) is 0 Å². The molecular formula is C23H29F3N4O3. The van der Waals surface area contributed by atoms with Crippen LogP contribution in [-0.2, 0) is 0 Å². The van der Waals surface area contributed by atoms with Crippen molar-refractivity contribution in [3.8, 4) is 11.5 Å². The van der Waals surface area contributed by atoms with Crippen LogP contribution in [0.3, 0.4) is 0 Å². The number of rotatable bonds is 4. The molecule has 7 nitrogen and oxygen atoms in total. The van der Waals surface area contributed by atoms with E-state index in [1.807, 2.05) is 6.92 Å². The number of piperidine rings is 1. The highest BCUT2D eigenvalue weighted by Crippen LogP contribution is 2.44. The molecule has 4 rings (SSSR count). The summed E-state index contributed by atoms with van der Waals surface area (Å²) in [7, 11) is 2.97. The molecule has 1 N–H and O–H groups in total. The number of fused-ring (bicyclic) bond motifs is 1. The van der Waals surface area contributed by atoms with Crippen molar-refractivity contribution in [2.24, 2.45) is 5.92 Å². The molecule has 2 aliphatic rings. The maximum Gasteiger partial charge on any atom is 0.410 e. The van der Waals surface area contributed by atoms with E-state index < -0.39 is 18.3 Å². The monoisotopic (exact) mass is 466 g/mol. The number of aromatic nitrogens is 2. The summed E-state index contributed by atoms with van der Waals surface area (Å²) in [4.78, 5) is 14.9. The van der Waals surface area contributed by atoms with Gasteiger partial charge in [-0.3, -0.25) is 4.79 Å². The van der Waals surface area contributed by atoms with E-state index in [1.165, 1.54) is 20.3 Å². The van der Waals surface area contributed by atoms with Gasteiger partial charge in [-0.1, -0.05) is 13.0 Å². The number of benzene rings is 1. The third-order valence-electron chi connectivity index (χ3n) is 6.60. The minimum atomic E-state index is -4.52. The number of hydrogen-bond donors (Lipinski definition) is 1. The van der Waals surface area contributed by atoms with Crippen LogP contribution in [0.2, 0.25) is 0 Å². The molecule has 1 saturated heterocycles. The highest BCUT2D eigenvalue weighted by atomic mass is 19.4. The van der Waals surface area contributed by atoms with Gasteiger partial charge in [-0.25, -0.2) is 4.68 Å².